The van der Waals surface area contributed by atoms with Crippen molar-refractivity contribution in [3.05, 3.63) is 73.2 Å². The van der Waals surface area contributed by atoms with E-state index in [1.807, 2.05) is 24.3 Å². The standard InChI is InChI=1S/C25H28FN5O3/c1-4-23(32)28-18-9-8-12-21(16-18)34-24-22(26)17-27-25(30-24)29-19-10-7-11-20(15-19)33-14-13-31(5-2)6-3/h4,7-12,15-17H,1,5-6,13-14H2,2-3H3,(H,28,32)(H,27,29,30). The highest BCUT2D eigenvalue weighted by atomic mass is 19.1. The zero-order chi connectivity index (χ0) is 24.3. The molecule has 8 nitrogen and oxygen atoms in total. The van der Waals surface area contributed by atoms with Crippen molar-refractivity contribution in [1.29, 1.82) is 0 Å². The van der Waals surface area contributed by atoms with Crippen molar-refractivity contribution in [3.63, 3.8) is 0 Å². The maximum absolute atomic E-state index is 14.3. The Labute approximate surface area is 198 Å². The van der Waals surface area contributed by atoms with Gasteiger partial charge in [-0.2, -0.15) is 9.37 Å². The number of benzene rings is 2. The summed E-state index contributed by atoms with van der Waals surface area (Å²) in [4.78, 5) is 21.9. The first-order chi connectivity index (χ1) is 16.5. The molecule has 0 fully saturated rings. The van der Waals surface area contributed by atoms with Gasteiger partial charge in [0.05, 0.1) is 6.20 Å². The summed E-state index contributed by atoms with van der Waals surface area (Å²) in [6.45, 7) is 11.0. The van der Waals surface area contributed by atoms with Crippen LogP contribution in [0.25, 0.3) is 0 Å². The van der Waals surface area contributed by atoms with Gasteiger partial charge in [0.1, 0.15) is 18.1 Å². The molecule has 0 saturated heterocycles. The van der Waals surface area contributed by atoms with Crippen molar-refractivity contribution in [3.8, 4) is 17.4 Å². The fraction of sp³-hybridized carbons (Fsp3) is 0.240. The SMILES string of the molecule is C=CC(=O)Nc1cccc(Oc2nc(Nc3cccc(OCCN(CC)CC)c3)ncc2F)c1. The van der Waals surface area contributed by atoms with Crippen molar-refractivity contribution in [2.45, 2.75) is 13.8 Å². The number of carbonyl (C=O) groups is 1. The summed E-state index contributed by atoms with van der Waals surface area (Å²) in [6.07, 6.45) is 2.18. The molecule has 1 amide bonds. The number of halogens is 1. The van der Waals surface area contributed by atoms with Crippen molar-refractivity contribution in [1.82, 2.24) is 14.9 Å². The zero-order valence-electron chi connectivity index (χ0n) is 19.3. The van der Waals surface area contributed by atoms with Crippen LogP contribution < -0.4 is 20.1 Å². The number of hydrogen-bond donors (Lipinski definition) is 2. The van der Waals surface area contributed by atoms with E-state index in [-0.39, 0.29) is 17.7 Å². The Morgan fingerprint density at radius 3 is 2.56 bits per heavy atom. The van der Waals surface area contributed by atoms with Crippen molar-refractivity contribution in [2.75, 3.05) is 36.9 Å². The number of rotatable bonds is 12. The lowest BCUT2D eigenvalue weighted by Crippen LogP contribution is -2.27. The van der Waals surface area contributed by atoms with Crippen LogP contribution in [0, 0.1) is 5.82 Å². The van der Waals surface area contributed by atoms with Crippen molar-refractivity contribution in [2.24, 2.45) is 0 Å². The van der Waals surface area contributed by atoms with Crippen LogP contribution in [0.15, 0.2) is 67.4 Å². The van der Waals surface area contributed by atoms with Gasteiger partial charge in [0.15, 0.2) is 0 Å². The quantitative estimate of drug-likeness (QED) is 0.364. The summed E-state index contributed by atoms with van der Waals surface area (Å²) in [5, 5.41) is 5.66. The molecule has 2 aromatic carbocycles. The average molecular weight is 466 g/mol. The summed E-state index contributed by atoms with van der Waals surface area (Å²) in [5.74, 6) is -0.178. The third kappa shape index (κ3) is 7.28. The number of ether oxygens (including phenoxy) is 2. The topological polar surface area (TPSA) is 88.6 Å². The molecule has 0 radical (unpaired) electrons. The first-order valence-electron chi connectivity index (χ1n) is 11.0. The monoisotopic (exact) mass is 465 g/mol. The second-order valence-electron chi connectivity index (χ2n) is 7.20. The van der Waals surface area contributed by atoms with Crippen LogP contribution in [0.2, 0.25) is 0 Å². The normalized spacial score (nSPS) is 10.6. The molecule has 34 heavy (non-hydrogen) atoms. The smallest absolute Gasteiger partial charge is 0.260 e. The van der Waals surface area contributed by atoms with E-state index in [0.29, 0.717) is 29.5 Å². The van der Waals surface area contributed by atoms with E-state index in [9.17, 15) is 9.18 Å². The van der Waals surface area contributed by atoms with E-state index in [2.05, 4.69) is 45.9 Å². The molecular formula is C25H28FN5O3. The summed E-state index contributed by atoms with van der Waals surface area (Å²) in [7, 11) is 0. The largest absolute Gasteiger partial charge is 0.492 e. The summed E-state index contributed by atoms with van der Waals surface area (Å²) < 4.78 is 25.7. The van der Waals surface area contributed by atoms with Crippen molar-refractivity contribution < 1.29 is 18.7 Å². The highest BCUT2D eigenvalue weighted by Crippen LogP contribution is 2.27. The molecule has 0 aliphatic heterocycles. The first kappa shape index (κ1) is 24.7. The number of nitrogens with zero attached hydrogens (tertiary/aromatic N) is 3. The van der Waals surface area contributed by atoms with E-state index in [0.717, 1.165) is 31.9 Å². The fourth-order valence-corrected chi connectivity index (χ4v) is 3.05. The Bertz CT molecular complexity index is 1120. The molecule has 0 aliphatic carbocycles. The number of aromatic nitrogens is 2. The zero-order valence-corrected chi connectivity index (χ0v) is 19.3. The van der Waals surface area contributed by atoms with Crippen LogP contribution in [-0.4, -0.2) is 47.0 Å². The minimum absolute atomic E-state index is 0.160. The molecule has 3 rings (SSSR count). The van der Waals surface area contributed by atoms with Crippen molar-refractivity contribution >= 4 is 23.2 Å². The lowest BCUT2D eigenvalue weighted by molar-refractivity contribution is -0.111. The number of anilines is 3. The second kappa shape index (κ2) is 12.3. The van der Waals surface area contributed by atoms with Gasteiger partial charge < -0.3 is 25.0 Å². The van der Waals surface area contributed by atoms with E-state index in [4.69, 9.17) is 9.47 Å². The highest BCUT2D eigenvalue weighted by molar-refractivity contribution is 5.98. The van der Waals surface area contributed by atoms with E-state index in [1.165, 1.54) is 0 Å². The summed E-state index contributed by atoms with van der Waals surface area (Å²) >= 11 is 0. The van der Waals surface area contributed by atoms with Gasteiger partial charge in [0, 0.05) is 30.1 Å². The molecule has 3 aromatic rings. The van der Waals surface area contributed by atoms with Gasteiger partial charge in [-0.3, -0.25) is 4.79 Å². The second-order valence-corrected chi connectivity index (χ2v) is 7.20. The molecule has 0 spiro atoms. The molecular weight excluding hydrogens is 437 g/mol. The average Bonchev–Trinajstić information content (AvgIpc) is 2.84. The van der Waals surface area contributed by atoms with Gasteiger partial charge >= 0.3 is 0 Å². The fourth-order valence-electron chi connectivity index (χ4n) is 3.05. The third-order valence-electron chi connectivity index (χ3n) is 4.87. The number of nitrogens with one attached hydrogen (secondary N) is 2. The molecule has 2 N–H and O–H groups in total. The van der Waals surface area contributed by atoms with Crippen LogP contribution in [-0.2, 0) is 4.79 Å². The van der Waals surface area contributed by atoms with Gasteiger partial charge in [-0.05, 0) is 43.4 Å². The molecule has 1 aromatic heterocycles. The Balaban J connectivity index is 1.67. The Hall–Kier alpha value is -3.98. The molecule has 9 heteroatoms. The van der Waals surface area contributed by atoms with E-state index >= 15 is 0 Å². The highest BCUT2D eigenvalue weighted by Gasteiger charge is 2.11. The molecule has 0 aliphatic rings. The van der Waals surface area contributed by atoms with Crippen LogP contribution in [0.1, 0.15) is 13.8 Å². The minimum Gasteiger partial charge on any atom is -0.492 e. The van der Waals surface area contributed by atoms with Crippen LogP contribution in [0.3, 0.4) is 0 Å². The number of carbonyl (C=O) groups excluding carboxylic acids is 1. The lowest BCUT2D eigenvalue weighted by Gasteiger charge is -2.18. The van der Waals surface area contributed by atoms with E-state index in [1.54, 1.807) is 24.3 Å². The summed E-state index contributed by atoms with van der Waals surface area (Å²) in [6, 6.07) is 13.9. The Morgan fingerprint density at radius 1 is 1.12 bits per heavy atom. The molecule has 0 bridgehead atoms. The third-order valence-corrected chi connectivity index (χ3v) is 4.87. The first-order valence-corrected chi connectivity index (χ1v) is 11.0. The Morgan fingerprint density at radius 2 is 1.82 bits per heavy atom. The lowest BCUT2D eigenvalue weighted by atomic mass is 10.3. The van der Waals surface area contributed by atoms with E-state index < -0.39 is 5.82 Å². The van der Waals surface area contributed by atoms with Crippen LogP contribution in [0.5, 0.6) is 17.4 Å². The molecule has 0 atom stereocenters. The maximum atomic E-state index is 14.3. The Kier molecular flexibility index (Phi) is 8.93. The maximum Gasteiger partial charge on any atom is 0.260 e. The number of likely N-dealkylation sites (N-methyl/N-ethyl adjacent to an activating group) is 1. The minimum atomic E-state index is -0.723. The molecule has 0 unspecified atom stereocenters. The van der Waals surface area contributed by atoms with Crippen LogP contribution >= 0.6 is 0 Å². The van der Waals surface area contributed by atoms with Gasteiger partial charge in [-0.15, -0.1) is 0 Å². The van der Waals surface area contributed by atoms with Gasteiger partial charge in [-0.25, -0.2) is 4.98 Å². The van der Waals surface area contributed by atoms with Crippen LogP contribution in [0.4, 0.5) is 21.7 Å². The molecule has 178 valence electrons. The van der Waals surface area contributed by atoms with Gasteiger partial charge in [-0.1, -0.05) is 32.6 Å². The summed E-state index contributed by atoms with van der Waals surface area (Å²) in [5.41, 5.74) is 1.17. The number of hydrogen-bond acceptors (Lipinski definition) is 7. The predicted octanol–water partition coefficient (Wildman–Crippen LogP) is 5.00. The van der Waals surface area contributed by atoms with Gasteiger partial charge in [0.25, 0.3) is 5.88 Å². The molecule has 1 heterocycles. The predicted molar refractivity (Wildman–Crippen MR) is 130 cm³/mol. The molecule has 0 saturated carbocycles. The number of amides is 1. The van der Waals surface area contributed by atoms with Gasteiger partial charge in [0.2, 0.25) is 17.7 Å².